The topological polar surface area (TPSA) is 138 Å². The first-order valence-electron chi connectivity index (χ1n) is 12.8. The van der Waals surface area contributed by atoms with Crippen molar-refractivity contribution >= 4 is 21.7 Å². The van der Waals surface area contributed by atoms with Crippen LogP contribution < -0.4 is 0 Å². The highest BCUT2D eigenvalue weighted by Crippen LogP contribution is 2.68. The zero-order chi connectivity index (χ0) is 26.8. The van der Waals surface area contributed by atoms with E-state index in [-0.39, 0.29) is 42.0 Å². The smallest absolute Gasteiger partial charge is 0.313 e. The molecule has 0 aliphatic heterocycles. The summed E-state index contributed by atoms with van der Waals surface area (Å²) in [6.45, 7) is 2.88. The standard InChI is InChI=1S/C28H34O8S/c1-26-14-22(31)25-20(21(26)10-11-28(26,33)23(32)15-29)9-8-18-12-19(30)13-24(27(18,25)2)36-37(34,35)16-17-6-4-3-5-7-17/h3-7,12-13,20-22,25,29,31,33H,8-11,14-16H2,1-2H3/t20-,21-,22-,25+,26-,27+,28-/m0/s1. The molecule has 0 radical (unpaired) electrons. The van der Waals surface area contributed by atoms with Crippen LogP contribution in [-0.2, 0) is 29.6 Å². The molecule has 5 rings (SSSR count). The molecule has 0 aromatic heterocycles. The number of hydrogen-bond donors (Lipinski definition) is 3. The van der Waals surface area contributed by atoms with E-state index in [1.807, 2.05) is 13.8 Å². The van der Waals surface area contributed by atoms with Crippen LogP contribution in [0.4, 0.5) is 0 Å². The van der Waals surface area contributed by atoms with Gasteiger partial charge in [0, 0.05) is 17.4 Å². The number of hydrogen-bond acceptors (Lipinski definition) is 8. The maximum atomic E-state index is 13.1. The van der Waals surface area contributed by atoms with Crippen LogP contribution in [0.3, 0.4) is 0 Å². The Morgan fingerprint density at radius 1 is 1.14 bits per heavy atom. The summed E-state index contributed by atoms with van der Waals surface area (Å²) in [4.78, 5) is 25.2. The van der Waals surface area contributed by atoms with Crippen molar-refractivity contribution in [3.8, 4) is 0 Å². The summed E-state index contributed by atoms with van der Waals surface area (Å²) in [7, 11) is -4.11. The second-order valence-corrected chi connectivity index (χ2v) is 13.1. The fraction of sp³-hybridized carbons (Fsp3) is 0.571. The van der Waals surface area contributed by atoms with Gasteiger partial charge in [-0.25, -0.2) is 0 Å². The molecule has 0 bridgehead atoms. The molecule has 200 valence electrons. The number of rotatable bonds is 6. The quantitative estimate of drug-likeness (QED) is 0.477. The molecule has 4 aliphatic carbocycles. The molecule has 0 spiro atoms. The van der Waals surface area contributed by atoms with Crippen LogP contribution in [0.1, 0.15) is 51.5 Å². The third kappa shape index (κ3) is 3.93. The summed E-state index contributed by atoms with van der Waals surface area (Å²) in [5, 5.41) is 32.5. The number of allylic oxidation sites excluding steroid dienone is 3. The Morgan fingerprint density at radius 3 is 2.51 bits per heavy atom. The first-order chi connectivity index (χ1) is 17.4. The summed E-state index contributed by atoms with van der Waals surface area (Å²) in [6.07, 6.45) is 3.75. The van der Waals surface area contributed by atoms with Crippen LogP contribution in [0, 0.1) is 28.6 Å². The van der Waals surface area contributed by atoms with E-state index in [1.165, 1.54) is 12.2 Å². The molecule has 3 saturated carbocycles. The molecule has 0 amide bonds. The second kappa shape index (κ2) is 8.86. The van der Waals surface area contributed by atoms with E-state index in [1.54, 1.807) is 30.3 Å². The average Bonchev–Trinajstić information content (AvgIpc) is 3.10. The number of carbonyl (C=O) groups excluding carboxylic acids is 2. The van der Waals surface area contributed by atoms with Crippen molar-refractivity contribution in [3.63, 3.8) is 0 Å². The van der Waals surface area contributed by atoms with Crippen molar-refractivity contribution < 1.29 is 37.5 Å². The molecular formula is C28H34O8S. The highest BCUT2D eigenvalue weighted by Gasteiger charge is 2.69. The Bertz CT molecular complexity index is 1280. The number of benzene rings is 1. The monoisotopic (exact) mass is 530 g/mol. The highest BCUT2D eigenvalue weighted by molar-refractivity contribution is 7.86. The van der Waals surface area contributed by atoms with E-state index in [0.717, 1.165) is 5.57 Å². The normalized spacial score (nSPS) is 39.1. The fourth-order valence-electron chi connectivity index (χ4n) is 8.05. The molecule has 1 aromatic rings. The van der Waals surface area contributed by atoms with Gasteiger partial charge in [0.25, 0.3) is 0 Å². The minimum atomic E-state index is -4.11. The van der Waals surface area contributed by atoms with Gasteiger partial charge in [-0.1, -0.05) is 42.8 Å². The number of aliphatic hydroxyl groups excluding tert-OH is 2. The van der Waals surface area contributed by atoms with Gasteiger partial charge in [0.1, 0.15) is 23.7 Å². The lowest BCUT2D eigenvalue weighted by Gasteiger charge is -2.60. The first kappa shape index (κ1) is 26.3. The molecule has 3 fully saturated rings. The van der Waals surface area contributed by atoms with E-state index < -0.39 is 51.0 Å². The number of Topliss-reactive ketones (excluding diaryl/α,β-unsaturated/α-hetero) is 1. The summed E-state index contributed by atoms with van der Waals surface area (Å²) in [5.41, 5.74) is -2.41. The number of aliphatic hydroxyl groups is 3. The molecule has 8 nitrogen and oxygen atoms in total. The van der Waals surface area contributed by atoms with Crippen molar-refractivity contribution in [2.45, 2.75) is 63.4 Å². The highest BCUT2D eigenvalue weighted by atomic mass is 32.2. The van der Waals surface area contributed by atoms with E-state index >= 15 is 0 Å². The average molecular weight is 531 g/mol. The van der Waals surface area contributed by atoms with Gasteiger partial charge in [-0.05, 0) is 62.5 Å². The lowest BCUT2D eigenvalue weighted by Crippen LogP contribution is -2.62. The van der Waals surface area contributed by atoms with Gasteiger partial charge < -0.3 is 19.5 Å². The van der Waals surface area contributed by atoms with E-state index in [4.69, 9.17) is 4.18 Å². The van der Waals surface area contributed by atoms with Gasteiger partial charge in [-0.2, -0.15) is 8.42 Å². The molecule has 37 heavy (non-hydrogen) atoms. The predicted molar refractivity (Wildman–Crippen MR) is 134 cm³/mol. The Balaban J connectivity index is 1.51. The van der Waals surface area contributed by atoms with Gasteiger partial charge in [0.2, 0.25) is 0 Å². The van der Waals surface area contributed by atoms with Gasteiger partial charge >= 0.3 is 10.1 Å². The lowest BCUT2D eigenvalue weighted by molar-refractivity contribution is -0.180. The van der Waals surface area contributed by atoms with Crippen molar-refractivity contribution in [2.24, 2.45) is 28.6 Å². The summed E-state index contributed by atoms with van der Waals surface area (Å²) >= 11 is 0. The maximum Gasteiger partial charge on any atom is 0.313 e. The minimum absolute atomic E-state index is 0.0166. The van der Waals surface area contributed by atoms with E-state index in [2.05, 4.69) is 0 Å². The molecule has 0 saturated heterocycles. The largest absolute Gasteiger partial charge is 0.393 e. The van der Waals surface area contributed by atoms with Gasteiger partial charge in [0.05, 0.1) is 11.5 Å². The SMILES string of the molecule is C[C@@]12C(=CC(=O)C=C1OS(=O)(=O)Cc1ccccc1)CC[C@@H]1[C@@H]2[C@@H](O)C[C@@]2(C)[C@H]1CC[C@]2(O)C(=O)CO. The van der Waals surface area contributed by atoms with Gasteiger partial charge in [-0.3, -0.25) is 9.59 Å². The van der Waals surface area contributed by atoms with E-state index in [9.17, 15) is 33.3 Å². The summed E-state index contributed by atoms with van der Waals surface area (Å²) in [6, 6.07) is 8.64. The zero-order valence-corrected chi connectivity index (χ0v) is 21.9. The van der Waals surface area contributed by atoms with Crippen LogP contribution in [-0.4, -0.2) is 53.6 Å². The fourth-order valence-corrected chi connectivity index (χ4v) is 9.20. The Morgan fingerprint density at radius 2 is 1.84 bits per heavy atom. The zero-order valence-electron chi connectivity index (χ0n) is 21.1. The van der Waals surface area contributed by atoms with Gasteiger partial charge in [-0.15, -0.1) is 0 Å². The number of carbonyl (C=O) groups is 2. The molecule has 9 heteroatoms. The molecule has 3 N–H and O–H groups in total. The Hall–Kier alpha value is -2.33. The van der Waals surface area contributed by atoms with Crippen LogP contribution in [0.5, 0.6) is 0 Å². The third-order valence-corrected chi connectivity index (χ3v) is 10.9. The molecule has 4 aliphatic rings. The van der Waals surface area contributed by atoms with Crippen LogP contribution in [0.25, 0.3) is 0 Å². The summed E-state index contributed by atoms with van der Waals surface area (Å²) < 4.78 is 31.9. The molecule has 1 aromatic carbocycles. The maximum absolute atomic E-state index is 13.1. The third-order valence-electron chi connectivity index (χ3n) is 9.80. The lowest BCUT2D eigenvalue weighted by atomic mass is 9.46. The number of ketones is 2. The Kier molecular flexibility index (Phi) is 6.30. The van der Waals surface area contributed by atoms with Crippen molar-refractivity contribution in [1.29, 1.82) is 0 Å². The summed E-state index contributed by atoms with van der Waals surface area (Å²) in [5.74, 6) is -2.07. The van der Waals surface area contributed by atoms with Crippen molar-refractivity contribution in [1.82, 2.24) is 0 Å². The molecule has 0 unspecified atom stereocenters. The second-order valence-electron chi connectivity index (χ2n) is 11.6. The van der Waals surface area contributed by atoms with Crippen LogP contribution in [0.15, 0.2) is 53.8 Å². The van der Waals surface area contributed by atoms with Crippen LogP contribution >= 0.6 is 0 Å². The number of fused-ring (bicyclic) bond motifs is 5. The molecule has 7 atom stereocenters. The predicted octanol–water partition coefficient (Wildman–Crippen LogP) is 2.43. The molecular weight excluding hydrogens is 496 g/mol. The van der Waals surface area contributed by atoms with Crippen molar-refractivity contribution in [2.75, 3.05) is 6.61 Å². The molecule has 0 heterocycles. The van der Waals surface area contributed by atoms with Gasteiger partial charge in [0.15, 0.2) is 11.6 Å². The minimum Gasteiger partial charge on any atom is -0.393 e. The Labute approximate surface area is 217 Å². The van der Waals surface area contributed by atoms with Crippen molar-refractivity contribution in [3.05, 3.63) is 59.4 Å². The van der Waals surface area contributed by atoms with Crippen LogP contribution in [0.2, 0.25) is 0 Å². The van der Waals surface area contributed by atoms with E-state index in [0.29, 0.717) is 24.8 Å². The first-order valence-corrected chi connectivity index (χ1v) is 14.4.